The van der Waals surface area contributed by atoms with Crippen LogP contribution < -0.4 is 0 Å². The highest BCUT2D eigenvalue weighted by Gasteiger charge is 2.47. The van der Waals surface area contributed by atoms with E-state index >= 15 is 0 Å². The van der Waals surface area contributed by atoms with E-state index in [0.717, 1.165) is 4.90 Å². The van der Waals surface area contributed by atoms with Crippen LogP contribution in [0.25, 0.3) is 10.4 Å². The molecule has 8 nitrogen and oxygen atoms in total. The standard InChI is InChI=1S/C14H17N3O5S/c1-8(19)21-13-11(16-17-15)12(20)10(7-18)22-14(13)23-9-5-3-2-4-6-9/h2-6,10-14,18,20H,7H2,1H3/t10?,11-,12?,13+,14+/m1/s1. The van der Waals surface area contributed by atoms with Gasteiger partial charge in [0.15, 0.2) is 0 Å². The van der Waals surface area contributed by atoms with Gasteiger partial charge in [-0.15, -0.1) is 0 Å². The molecule has 0 radical (unpaired) electrons. The van der Waals surface area contributed by atoms with Crippen molar-refractivity contribution >= 4 is 17.7 Å². The molecule has 0 amide bonds. The number of ether oxygens (including phenoxy) is 2. The molecule has 0 saturated carbocycles. The minimum absolute atomic E-state index is 0.447. The Morgan fingerprint density at radius 2 is 2.17 bits per heavy atom. The van der Waals surface area contributed by atoms with Crippen LogP contribution in [0.15, 0.2) is 40.3 Å². The van der Waals surface area contributed by atoms with E-state index in [0.29, 0.717) is 0 Å². The predicted molar refractivity (Wildman–Crippen MR) is 82.5 cm³/mol. The Hall–Kier alpha value is -1.77. The number of azide groups is 1. The summed E-state index contributed by atoms with van der Waals surface area (Å²) in [4.78, 5) is 14.9. The molecule has 2 N–H and O–H groups in total. The number of aliphatic hydroxyl groups is 2. The maximum atomic E-state index is 11.4. The maximum absolute atomic E-state index is 11.4. The van der Waals surface area contributed by atoms with Crippen LogP contribution in [0.4, 0.5) is 0 Å². The number of nitrogens with zero attached hydrogens (tertiary/aromatic N) is 3. The van der Waals surface area contributed by atoms with Crippen molar-refractivity contribution < 1.29 is 24.5 Å². The van der Waals surface area contributed by atoms with Gasteiger partial charge in [0.05, 0.1) is 12.7 Å². The second-order valence-corrected chi connectivity index (χ2v) is 6.09. The highest BCUT2D eigenvalue weighted by molar-refractivity contribution is 7.99. The van der Waals surface area contributed by atoms with E-state index < -0.39 is 42.4 Å². The zero-order valence-corrected chi connectivity index (χ0v) is 13.2. The quantitative estimate of drug-likeness (QED) is 0.362. The van der Waals surface area contributed by atoms with Crippen LogP contribution in [-0.4, -0.2) is 52.6 Å². The molecule has 124 valence electrons. The fraction of sp³-hybridized carbons (Fsp3) is 0.500. The van der Waals surface area contributed by atoms with Gasteiger partial charge in [0.25, 0.3) is 0 Å². The molecule has 1 aromatic carbocycles. The van der Waals surface area contributed by atoms with Crippen molar-refractivity contribution in [1.29, 1.82) is 0 Å². The summed E-state index contributed by atoms with van der Waals surface area (Å²) < 4.78 is 10.9. The minimum atomic E-state index is -1.27. The normalized spacial score (nSPS) is 30.3. The zero-order chi connectivity index (χ0) is 16.8. The summed E-state index contributed by atoms with van der Waals surface area (Å²) in [5, 5.41) is 23.1. The van der Waals surface area contributed by atoms with Crippen LogP contribution in [0, 0.1) is 0 Å². The second kappa shape index (κ2) is 8.19. The van der Waals surface area contributed by atoms with Gasteiger partial charge in [-0.05, 0) is 17.7 Å². The van der Waals surface area contributed by atoms with Crippen molar-refractivity contribution in [2.75, 3.05) is 6.61 Å². The molecule has 1 saturated heterocycles. The molecule has 5 atom stereocenters. The number of aliphatic hydroxyl groups excluding tert-OH is 2. The van der Waals surface area contributed by atoms with E-state index in [9.17, 15) is 15.0 Å². The number of hydrogen-bond acceptors (Lipinski definition) is 7. The summed E-state index contributed by atoms with van der Waals surface area (Å²) >= 11 is 1.26. The number of rotatable bonds is 5. The maximum Gasteiger partial charge on any atom is 0.303 e. The predicted octanol–water partition coefficient (Wildman–Crippen LogP) is 1.47. The van der Waals surface area contributed by atoms with Crippen LogP contribution in [0.3, 0.4) is 0 Å². The lowest BCUT2D eigenvalue weighted by atomic mass is 9.98. The molecule has 23 heavy (non-hydrogen) atoms. The minimum Gasteiger partial charge on any atom is -0.458 e. The highest BCUT2D eigenvalue weighted by Crippen LogP contribution is 2.36. The number of carbonyl (C=O) groups is 1. The summed E-state index contributed by atoms with van der Waals surface area (Å²) in [6, 6.07) is 8.19. The fourth-order valence-electron chi connectivity index (χ4n) is 2.30. The summed E-state index contributed by atoms with van der Waals surface area (Å²) in [6.07, 6.45) is -3.17. The Kier molecular flexibility index (Phi) is 6.26. The zero-order valence-electron chi connectivity index (χ0n) is 12.3. The first-order valence-electron chi connectivity index (χ1n) is 6.94. The van der Waals surface area contributed by atoms with E-state index in [1.54, 1.807) is 0 Å². The van der Waals surface area contributed by atoms with Gasteiger partial charge in [-0.2, -0.15) is 0 Å². The first-order valence-corrected chi connectivity index (χ1v) is 7.82. The average Bonchev–Trinajstić information content (AvgIpc) is 2.54. The molecule has 0 aliphatic carbocycles. The first-order chi connectivity index (χ1) is 11.1. The van der Waals surface area contributed by atoms with Crippen molar-refractivity contribution in [2.45, 2.75) is 41.6 Å². The molecular weight excluding hydrogens is 322 g/mol. The van der Waals surface area contributed by atoms with Crippen LogP contribution in [0.5, 0.6) is 0 Å². The molecule has 0 aromatic heterocycles. The Balaban J connectivity index is 2.30. The molecule has 1 aromatic rings. The molecule has 1 aliphatic rings. The summed E-state index contributed by atoms with van der Waals surface area (Å²) in [5.41, 5.74) is 8.00. The van der Waals surface area contributed by atoms with Crippen LogP contribution in [0.2, 0.25) is 0 Å². The third-order valence-corrected chi connectivity index (χ3v) is 4.46. The Labute approximate surface area is 137 Å². The lowest BCUT2D eigenvalue weighted by Crippen LogP contribution is -2.57. The van der Waals surface area contributed by atoms with Crippen molar-refractivity contribution in [3.05, 3.63) is 40.8 Å². The van der Waals surface area contributed by atoms with Crippen LogP contribution >= 0.6 is 11.8 Å². The topological polar surface area (TPSA) is 125 Å². The van der Waals surface area contributed by atoms with E-state index in [1.165, 1.54) is 18.7 Å². The summed E-state index contributed by atoms with van der Waals surface area (Å²) in [7, 11) is 0. The van der Waals surface area contributed by atoms with Gasteiger partial charge in [0.1, 0.15) is 23.7 Å². The lowest BCUT2D eigenvalue weighted by molar-refractivity contribution is -0.184. The van der Waals surface area contributed by atoms with Gasteiger partial charge in [-0.25, -0.2) is 0 Å². The molecule has 2 rings (SSSR count). The van der Waals surface area contributed by atoms with E-state index in [4.69, 9.17) is 15.0 Å². The number of esters is 1. The van der Waals surface area contributed by atoms with Crippen molar-refractivity contribution in [1.82, 2.24) is 0 Å². The third kappa shape index (κ3) is 4.37. The van der Waals surface area contributed by atoms with Gasteiger partial charge >= 0.3 is 5.97 Å². The highest BCUT2D eigenvalue weighted by atomic mass is 32.2. The Bertz CT molecular complexity index is 581. The van der Waals surface area contributed by atoms with Crippen molar-refractivity contribution in [2.24, 2.45) is 5.11 Å². The Morgan fingerprint density at radius 3 is 2.74 bits per heavy atom. The van der Waals surface area contributed by atoms with Crippen molar-refractivity contribution in [3.8, 4) is 0 Å². The second-order valence-electron chi connectivity index (χ2n) is 4.92. The molecule has 1 fully saturated rings. The summed E-state index contributed by atoms with van der Waals surface area (Å²) in [5.74, 6) is -0.579. The molecule has 0 spiro atoms. The lowest BCUT2D eigenvalue weighted by Gasteiger charge is -2.41. The van der Waals surface area contributed by atoms with Gasteiger partial charge in [0, 0.05) is 16.7 Å². The molecule has 1 heterocycles. The Morgan fingerprint density at radius 1 is 1.48 bits per heavy atom. The smallest absolute Gasteiger partial charge is 0.303 e. The van der Waals surface area contributed by atoms with E-state index in [1.807, 2.05) is 30.3 Å². The number of carbonyl (C=O) groups excluding carboxylic acids is 1. The molecule has 2 unspecified atom stereocenters. The fourth-order valence-corrected chi connectivity index (χ4v) is 3.43. The number of hydrogen-bond donors (Lipinski definition) is 2. The monoisotopic (exact) mass is 339 g/mol. The molecule has 9 heteroatoms. The van der Waals surface area contributed by atoms with E-state index in [2.05, 4.69) is 10.0 Å². The number of thioether (sulfide) groups is 1. The largest absolute Gasteiger partial charge is 0.458 e. The van der Waals surface area contributed by atoms with Gasteiger partial charge < -0.3 is 19.7 Å². The van der Waals surface area contributed by atoms with Crippen LogP contribution in [0.1, 0.15) is 6.92 Å². The third-order valence-electron chi connectivity index (χ3n) is 3.31. The molecule has 1 aliphatic heterocycles. The molecule has 0 bridgehead atoms. The van der Waals surface area contributed by atoms with Crippen LogP contribution in [-0.2, 0) is 14.3 Å². The SMILES string of the molecule is CC(=O)O[C@H]1[C@H](N=[N+]=[N-])C(O)C(CO)O[C@H]1Sc1ccccc1. The van der Waals surface area contributed by atoms with Gasteiger partial charge in [-0.1, -0.05) is 35.1 Å². The van der Waals surface area contributed by atoms with Crippen molar-refractivity contribution in [3.63, 3.8) is 0 Å². The average molecular weight is 339 g/mol. The summed E-state index contributed by atoms with van der Waals surface area (Å²) in [6.45, 7) is 0.777. The molecular formula is C14H17N3O5S. The van der Waals surface area contributed by atoms with Gasteiger partial charge in [0.2, 0.25) is 0 Å². The van der Waals surface area contributed by atoms with E-state index in [-0.39, 0.29) is 0 Å². The number of benzene rings is 1. The van der Waals surface area contributed by atoms with Gasteiger partial charge in [-0.3, -0.25) is 4.79 Å². The first kappa shape index (κ1) is 17.6.